The largest absolute Gasteiger partial charge is 0.365 e. The number of amides is 2. The predicted molar refractivity (Wildman–Crippen MR) is 108 cm³/mol. The molecule has 1 heterocycles. The van der Waals surface area contributed by atoms with Crippen LogP contribution in [-0.2, 0) is 20.0 Å². The standard InChI is InChI=1S/C19H23N3O4S2/c1-19(12-5-3-4-6-12,13-7-9-14(10-8-13)28(2,25)26)17(24)22-18-21-11-15(27-18)16(20)23/h7-12H,3-6H2,1-2H3,(H2,20,23)(H,21,22,24). The second kappa shape index (κ2) is 7.63. The van der Waals surface area contributed by atoms with Crippen molar-refractivity contribution in [3.63, 3.8) is 0 Å². The number of nitrogens with two attached hydrogens (primary N) is 1. The smallest absolute Gasteiger partial charge is 0.260 e. The summed E-state index contributed by atoms with van der Waals surface area (Å²) in [7, 11) is -3.31. The zero-order valence-corrected chi connectivity index (χ0v) is 17.4. The van der Waals surface area contributed by atoms with Gasteiger partial charge in [-0.25, -0.2) is 13.4 Å². The van der Waals surface area contributed by atoms with Crippen LogP contribution < -0.4 is 11.1 Å². The fraction of sp³-hybridized carbons (Fsp3) is 0.421. The Hall–Kier alpha value is -2.26. The molecule has 150 valence electrons. The van der Waals surface area contributed by atoms with Gasteiger partial charge in [-0.2, -0.15) is 0 Å². The lowest BCUT2D eigenvalue weighted by Crippen LogP contribution is -2.43. The van der Waals surface area contributed by atoms with Gasteiger partial charge in [0, 0.05) is 6.26 Å². The number of anilines is 1. The molecular weight excluding hydrogens is 398 g/mol. The zero-order chi connectivity index (χ0) is 20.5. The fourth-order valence-corrected chi connectivity index (χ4v) is 5.07. The molecule has 7 nitrogen and oxygen atoms in total. The van der Waals surface area contributed by atoms with Gasteiger partial charge in [0.15, 0.2) is 15.0 Å². The number of benzene rings is 1. The average molecular weight is 422 g/mol. The molecule has 1 aromatic carbocycles. The Kier molecular flexibility index (Phi) is 5.58. The Morgan fingerprint density at radius 1 is 1.21 bits per heavy atom. The minimum Gasteiger partial charge on any atom is -0.365 e. The second-order valence-corrected chi connectivity index (χ2v) is 10.4. The van der Waals surface area contributed by atoms with E-state index >= 15 is 0 Å². The third-order valence-electron chi connectivity index (χ3n) is 5.49. The maximum Gasteiger partial charge on any atom is 0.260 e. The van der Waals surface area contributed by atoms with Crippen molar-refractivity contribution < 1.29 is 18.0 Å². The first-order chi connectivity index (χ1) is 13.1. The third-order valence-corrected chi connectivity index (χ3v) is 7.55. The molecule has 1 aliphatic rings. The number of rotatable bonds is 6. The van der Waals surface area contributed by atoms with E-state index in [0.717, 1.165) is 48.8 Å². The van der Waals surface area contributed by atoms with Crippen LogP contribution in [0.2, 0.25) is 0 Å². The molecule has 28 heavy (non-hydrogen) atoms. The Morgan fingerprint density at radius 2 is 1.82 bits per heavy atom. The van der Waals surface area contributed by atoms with Crippen LogP contribution in [0.4, 0.5) is 5.13 Å². The number of hydrogen-bond donors (Lipinski definition) is 2. The Bertz CT molecular complexity index is 992. The topological polar surface area (TPSA) is 119 Å². The molecule has 9 heteroatoms. The van der Waals surface area contributed by atoms with Crippen molar-refractivity contribution in [1.82, 2.24) is 4.98 Å². The van der Waals surface area contributed by atoms with E-state index in [1.807, 2.05) is 6.92 Å². The SMILES string of the molecule is CC(C(=O)Nc1ncc(C(N)=O)s1)(c1ccc(S(C)(=O)=O)cc1)C1CCCC1. The molecule has 3 rings (SSSR count). The highest BCUT2D eigenvalue weighted by atomic mass is 32.2. The van der Waals surface area contributed by atoms with Gasteiger partial charge in [-0.15, -0.1) is 0 Å². The van der Waals surface area contributed by atoms with Crippen LogP contribution in [0.25, 0.3) is 0 Å². The van der Waals surface area contributed by atoms with E-state index < -0.39 is 21.2 Å². The van der Waals surface area contributed by atoms with Gasteiger partial charge >= 0.3 is 0 Å². The first-order valence-corrected chi connectivity index (χ1v) is 11.7. The number of carbonyl (C=O) groups excluding carboxylic acids is 2. The molecule has 0 radical (unpaired) electrons. The van der Waals surface area contributed by atoms with Crippen molar-refractivity contribution >= 4 is 38.1 Å². The molecule has 1 aliphatic carbocycles. The second-order valence-electron chi connectivity index (χ2n) is 7.33. The minimum atomic E-state index is -3.31. The van der Waals surface area contributed by atoms with Crippen molar-refractivity contribution in [1.29, 1.82) is 0 Å². The van der Waals surface area contributed by atoms with Crippen molar-refractivity contribution in [3.8, 4) is 0 Å². The highest BCUT2D eigenvalue weighted by molar-refractivity contribution is 7.90. The van der Waals surface area contributed by atoms with Crippen LogP contribution >= 0.6 is 11.3 Å². The number of sulfone groups is 1. The number of aromatic nitrogens is 1. The highest BCUT2D eigenvalue weighted by Crippen LogP contribution is 2.43. The van der Waals surface area contributed by atoms with Crippen LogP contribution in [-0.4, -0.2) is 31.5 Å². The van der Waals surface area contributed by atoms with Gasteiger partial charge in [0.2, 0.25) is 5.91 Å². The van der Waals surface area contributed by atoms with Crippen molar-refractivity contribution in [2.24, 2.45) is 11.7 Å². The average Bonchev–Trinajstić information content (AvgIpc) is 3.32. The van der Waals surface area contributed by atoms with Crippen LogP contribution in [0.1, 0.15) is 47.8 Å². The van der Waals surface area contributed by atoms with E-state index in [-0.39, 0.29) is 21.6 Å². The van der Waals surface area contributed by atoms with E-state index in [4.69, 9.17) is 5.73 Å². The lowest BCUT2D eigenvalue weighted by molar-refractivity contribution is -0.122. The summed E-state index contributed by atoms with van der Waals surface area (Å²) in [5, 5.41) is 3.14. The normalized spacial score (nSPS) is 17.2. The summed E-state index contributed by atoms with van der Waals surface area (Å²) in [6.07, 6.45) is 6.44. The van der Waals surface area contributed by atoms with E-state index in [2.05, 4.69) is 10.3 Å². The number of nitrogens with zero attached hydrogens (tertiary/aromatic N) is 1. The molecule has 1 atom stereocenters. The molecule has 1 aromatic heterocycles. The van der Waals surface area contributed by atoms with E-state index in [1.54, 1.807) is 24.3 Å². The van der Waals surface area contributed by atoms with Crippen LogP contribution in [0.15, 0.2) is 35.4 Å². The number of nitrogens with one attached hydrogen (secondary N) is 1. The van der Waals surface area contributed by atoms with Gasteiger partial charge in [-0.05, 0) is 43.4 Å². The summed E-state index contributed by atoms with van der Waals surface area (Å²) >= 11 is 1.03. The van der Waals surface area contributed by atoms with Crippen molar-refractivity contribution in [2.45, 2.75) is 42.9 Å². The van der Waals surface area contributed by atoms with Gasteiger partial charge in [-0.1, -0.05) is 36.3 Å². The summed E-state index contributed by atoms with van der Waals surface area (Å²) in [6.45, 7) is 1.89. The summed E-state index contributed by atoms with van der Waals surface area (Å²) in [5.41, 5.74) is 5.17. The van der Waals surface area contributed by atoms with Crippen LogP contribution in [0, 0.1) is 5.92 Å². The lowest BCUT2D eigenvalue weighted by Gasteiger charge is -2.34. The molecule has 0 bridgehead atoms. The molecule has 3 N–H and O–H groups in total. The monoisotopic (exact) mass is 421 g/mol. The summed E-state index contributed by atoms with van der Waals surface area (Å²) in [5.74, 6) is -0.683. The van der Waals surface area contributed by atoms with E-state index in [0.29, 0.717) is 5.13 Å². The Morgan fingerprint density at radius 3 is 2.32 bits per heavy atom. The molecule has 2 aromatic rings. The molecule has 0 saturated heterocycles. The Balaban J connectivity index is 1.95. The maximum atomic E-state index is 13.3. The maximum absolute atomic E-state index is 13.3. The zero-order valence-electron chi connectivity index (χ0n) is 15.8. The van der Waals surface area contributed by atoms with Gasteiger partial charge in [0.25, 0.3) is 5.91 Å². The number of carbonyl (C=O) groups is 2. The minimum absolute atomic E-state index is 0.132. The number of thiazole rings is 1. The molecular formula is C19H23N3O4S2. The fourth-order valence-electron chi connectivity index (χ4n) is 3.78. The van der Waals surface area contributed by atoms with Crippen LogP contribution in [0.3, 0.4) is 0 Å². The molecule has 0 spiro atoms. The molecule has 1 unspecified atom stereocenters. The van der Waals surface area contributed by atoms with Crippen molar-refractivity contribution in [2.75, 3.05) is 11.6 Å². The predicted octanol–water partition coefficient (Wildman–Crippen LogP) is 2.73. The van der Waals surface area contributed by atoms with Gasteiger partial charge < -0.3 is 11.1 Å². The van der Waals surface area contributed by atoms with Gasteiger partial charge in [-0.3, -0.25) is 9.59 Å². The van der Waals surface area contributed by atoms with E-state index in [1.165, 1.54) is 6.20 Å². The van der Waals surface area contributed by atoms with Gasteiger partial charge in [0.1, 0.15) is 4.88 Å². The summed E-state index contributed by atoms with van der Waals surface area (Å²) < 4.78 is 23.5. The highest BCUT2D eigenvalue weighted by Gasteiger charge is 2.44. The van der Waals surface area contributed by atoms with Crippen molar-refractivity contribution in [3.05, 3.63) is 40.9 Å². The molecule has 2 amide bonds. The first-order valence-electron chi connectivity index (χ1n) is 9.00. The number of primary amides is 1. The molecule has 1 saturated carbocycles. The van der Waals surface area contributed by atoms with E-state index in [9.17, 15) is 18.0 Å². The van der Waals surface area contributed by atoms with Gasteiger partial charge in [0.05, 0.1) is 16.5 Å². The molecule has 1 fully saturated rings. The van der Waals surface area contributed by atoms with Crippen LogP contribution in [0.5, 0.6) is 0 Å². The summed E-state index contributed by atoms with van der Waals surface area (Å²) in [6, 6.07) is 6.51. The third kappa shape index (κ3) is 3.95. The molecule has 0 aliphatic heterocycles. The lowest BCUT2D eigenvalue weighted by atomic mass is 9.70. The Labute approximate surface area is 168 Å². The quantitative estimate of drug-likeness (QED) is 0.743. The number of hydrogen-bond acceptors (Lipinski definition) is 6. The first kappa shape index (κ1) is 20.5. The summed E-state index contributed by atoms with van der Waals surface area (Å²) in [4.78, 5) is 29.1.